The van der Waals surface area contributed by atoms with Crippen LogP contribution in [0.2, 0.25) is 0 Å². The summed E-state index contributed by atoms with van der Waals surface area (Å²) >= 11 is 0. The van der Waals surface area contributed by atoms with Crippen molar-refractivity contribution in [2.75, 3.05) is 0 Å². The lowest BCUT2D eigenvalue weighted by molar-refractivity contribution is 0.661. The molecule has 0 aliphatic rings. The molecule has 3 nitrogen and oxygen atoms in total. The first kappa shape index (κ1) is 10.3. The molecule has 0 aliphatic heterocycles. The maximum absolute atomic E-state index is 11.4. The van der Waals surface area contributed by atoms with E-state index in [9.17, 15) is 4.79 Å². The number of benzene rings is 2. The van der Waals surface area contributed by atoms with Crippen LogP contribution in [-0.4, -0.2) is 4.98 Å². The Morgan fingerprint density at radius 2 is 1.68 bits per heavy atom. The fourth-order valence-corrected chi connectivity index (χ4v) is 2.37. The van der Waals surface area contributed by atoms with Gasteiger partial charge < -0.3 is 4.42 Å². The van der Waals surface area contributed by atoms with Crippen molar-refractivity contribution in [3.05, 3.63) is 65.0 Å². The molecule has 3 heteroatoms. The van der Waals surface area contributed by atoms with Crippen LogP contribution in [0.4, 0.5) is 0 Å². The zero-order valence-corrected chi connectivity index (χ0v) is 9.96. The third kappa shape index (κ3) is 1.52. The van der Waals surface area contributed by atoms with Crippen molar-refractivity contribution >= 4 is 32.8 Å². The average Bonchev–Trinajstić information content (AvgIpc) is 2.45. The van der Waals surface area contributed by atoms with E-state index >= 15 is 0 Å². The van der Waals surface area contributed by atoms with E-state index in [2.05, 4.69) is 4.98 Å². The molecule has 0 amide bonds. The standard InChI is InChI=1S/C16H9NO2/c18-15-8-6-10-5-7-14-12(16(10)17-15)9-11-3-1-2-4-13(11)19-14/h1-9H. The van der Waals surface area contributed by atoms with Gasteiger partial charge in [-0.25, -0.2) is 4.98 Å². The molecule has 0 saturated carbocycles. The fraction of sp³-hybridized carbons (Fsp3) is 0. The highest BCUT2D eigenvalue weighted by Crippen LogP contribution is 2.27. The van der Waals surface area contributed by atoms with Crippen LogP contribution in [0.5, 0.6) is 0 Å². The topological polar surface area (TPSA) is 43.1 Å². The van der Waals surface area contributed by atoms with Crippen molar-refractivity contribution in [1.29, 1.82) is 0 Å². The van der Waals surface area contributed by atoms with Gasteiger partial charge in [0.05, 0.1) is 5.52 Å². The number of hydrogen-bond acceptors (Lipinski definition) is 3. The van der Waals surface area contributed by atoms with E-state index in [-0.39, 0.29) is 5.56 Å². The number of para-hydroxylation sites is 1. The van der Waals surface area contributed by atoms with Crippen molar-refractivity contribution in [3.8, 4) is 0 Å². The van der Waals surface area contributed by atoms with Crippen LogP contribution in [0.1, 0.15) is 0 Å². The van der Waals surface area contributed by atoms with E-state index in [0.29, 0.717) is 5.52 Å². The maximum atomic E-state index is 11.4. The van der Waals surface area contributed by atoms with Gasteiger partial charge in [-0.05, 0) is 30.3 Å². The number of fused-ring (bicyclic) bond motifs is 4. The lowest BCUT2D eigenvalue weighted by Crippen LogP contribution is -2.02. The molecule has 0 bridgehead atoms. The van der Waals surface area contributed by atoms with Crippen LogP contribution in [-0.2, 0) is 0 Å². The molecule has 0 aliphatic carbocycles. The lowest BCUT2D eigenvalue weighted by atomic mass is 10.1. The summed E-state index contributed by atoms with van der Waals surface area (Å²) in [4.78, 5) is 15.5. The number of nitrogens with zero attached hydrogens (tertiary/aromatic N) is 1. The van der Waals surface area contributed by atoms with Gasteiger partial charge in [-0.3, -0.25) is 4.79 Å². The molecule has 2 heterocycles. The Kier molecular flexibility index (Phi) is 1.97. The summed E-state index contributed by atoms with van der Waals surface area (Å²) in [6.07, 6.45) is 0. The van der Waals surface area contributed by atoms with Gasteiger partial charge in [0, 0.05) is 22.2 Å². The van der Waals surface area contributed by atoms with Gasteiger partial charge in [-0.2, -0.15) is 0 Å². The van der Waals surface area contributed by atoms with Gasteiger partial charge in [0.25, 0.3) is 5.56 Å². The van der Waals surface area contributed by atoms with E-state index in [4.69, 9.17) is 4.42 Å². The van der Waals surface area contributed by atoms with Crippen molar-refractivity contribution in [2.45, 2.75) is 0 Å². The van der Waals surface area contributed by atoms with Crippen LogP contribution < -0.4 is 5.56 Å². The van der Waals surface area contributed by atoms with Gasteiger partial charge in [-0.1, -0.05) is 18.2 Å². The molecule has 0 N–H and O–H groups in total. The Morgan fingerprint density at radius 3 is 2.63 bits per heavy atom. The second kappa shape index (κ2) is 3.65. The van der Waals surface area contributed by atoms with E-state index in [1.54, 1.807) is 6.07 Å². The molecule has 0 radical (unpaired) electrons. The first-order chi connectivity index (χ1) is 9.31. The predicted octanol–water partition coefficient (Wildman–Crippen LogP) is 3.49. The van der Waals surface area contributed by atoms with E-state index in [1.807, 2.05) is 42.5 Å². The zero-order valence-electron chi connectivity index (χ0n) is 9.96. The minimum atomic E-state index is -0.229. The molecule has 2 aromatic carbocycles. The molecule has 2 aromatic heterocycles. The molecule has 0 spiro atoms. The third-order valence-corrected chi connectivity index (χ3v) is 3.27. The summed E-state index contributed by atoms with van der Waals surface area (Å²) in [7, 11) is 0. The van der Waals surface area contributed by atoms with E-state index in [0.717, 1.165) is 27.3 Å². The SMILES string of the molecule is O=c1ccc2ccc3oc4ccccc4cc3c2n1. The zero-order chi connectivity index (χ0) is 12.8. The first-order valence-electron chi connectivity index (χ1n) is 6.04. The van der Waals surface area contributed by atoms with Crippen molar-refractivity contribution in [1.82, 2.24) is 4.98 Å². The Hall–Kier alpha value is -2.68. The number of pyridine rings is 1. The Balaban J connectivity index is 2.28. The predicted molar refractivity (Wildman–Crippen MR) is 75.3 cm³/mol. The molecule has 90 valence electrons. The first-order valence-corrected chi connectivity index (χ1v) is 6.04. The minimum absolute atomic E-state index is 0.229. The summed E-state index contributed by atoms with van der Waals surface area (Å²) in [5.74, 6) is 0. The molecule has 19 heavy (non-hydrogen) atoms. The van der Waals surface area contributed by atoms with Crippen LogP contribution in [0.3, 0.4) is 0 Å². The molecule has 0 atom stereocenters. The summed E-state index contributed by atoms with van der Waals surface area (Å²) in [5.41, 5.74) is 2.03. The smallest absolute Gasteiger partial charge is 0.270 e. The van der Waals surface area contributed by atoms with Crippen LogP contribution in [0, 0.1) is 0 Å². The molecular weight excluding hydrogens is 238 g/mol. The molecule has 0 saturated heterocycles. The third-order valence-electron chi connectivity index (χ3n) is 3.27. The molecule has 0 unspecified atom stereocenters. The van der Waals surface area contributed by atoms with Crippen LogP contribution >= 0.6 is 0 Å². The number of aromatic nitrogens is 1. The highest BCUT2D eigenvalue weighted by Gasteiger charge is 2.06. The van der Waals surface area contributed by atoms with Gasteiger partial charge in [-0.15, -0.1) is 0 Å². The second-order valence-corrected chi connectivity index (χ2v) is 4.48. The van der Waals surface area contributed by atoms with Crippen LogP contribution in [0.25, 0.3) is 32.8 Å². The highest BCUT2D eigenvalue weighted by molar-refractivity contribution is 6.06. The molecular formula is C16H9NO2. The van der Waals surface area contributed by atoms with Gasteiger partial charge >= 0.3 is 0 Å². The van der Waals surface area contributed by atoms with Gasteiger partial charge in [0.2, 0.25) is 0 Å². The average molecular weight is 247 g/mol. The summed E-state index contributed by atoms with van der Waals surface area (Å²) < 4.78 is 5.85. The Bertz CT molecular complexity index is 986. The van der Waals surface area contributed by atoms with Crippen molar-refractivity contribution < 1.29 is 4.42 Å². The Morgan fingerprint density at radius 1 is 0.842 bits per heavy atom. The minimum Gasteiger partial charge on any atom is -0.456 e. The molecule has 0 fully saturated rings. The molecule has 4 aromatic rings. The summed E-state index contributed by atoms with van der Waals surface area (Å²) in [6, 6.07) is 16.9. The normalized spacial score (nSPS) is 11.4. The Labute approximate surface area is 108 Å². The lowest BCUT2D eigenvalue weighted by Gasteiger charge is -2.04. The number of rotatable bonds is 0. The van der Waals surface area contributed by atoms with Crippen molar-refractivity contribution in [2.24, 2.45) is 0 Å². The largest absolute Gasteiger partial charge is 0.456 e. The summed E-state index contributed by atoms with van der Waals surface area (Å²) in [6.45, 7) is 0. The summed E-state index contributed by atoms with van der Waals surface area (Å²) in [5, 5.41) is 2.81. The van der Waals surface area contributed by atoms with Gasteiger partial charge in [0.1, 0.15) is 11.2 Å². The fourth-order valence-electron chi connectivity index (χ4n) is 2.37. The van der Waals surface area contributed by atoms with Crippen molar-refractivity contribution in [3.63, 3.8) is 0 Å². The van der Waals surface area contributed by atoms with E-state index in [1.165, 1.54) is 6.07 Å². The number of hydrogen-bond donors (Lipinski definition) is 0. The maximum Gasteiger partial charge on any atom is 0.270 e. The van der Waals surface area contributed by atoms with Gasteiger partial charge in [0.15, 0.2) is 0 Å². The second-order valence-electron chi connectivity index (χ2n) is 4.48. The van der Waals surface area contributed by atoms with E-state index < -0.39 is 0 Å². The van der Waals surface area contributed by atoms with Crippen LogP contribution in [0.15, 0.2) is 63.8 Å². The highest BCUT2D eigenvalue weighted by atomic mass is 16.3. The quantitative estimate of drug-likeness (QED) is 0.353. The monoisotopic (exact) mass is 247 g/mol. The molecule has 4 rings (SSSR count).